The fourth-order valence-electron chi connectivity index (χ4n) is 8.54. The zero-order chi connectivity index (χ0) is 35.5. The van der Waals surface area contributed by atoms with Crippen molar-refractivity contribution in [1.82, 2.24) is 0 Å². The van der Waals surface area contributed by atoms with E-state index in [1.54, 1.807) is 0 Å². The van der Waals surface area contributed by atoms with Crippen molar-refractivity contribution >= 4 is 73.7 Å². The maximum absolute atomic E-state index is 6.74. The molecule has 0 aromatic heterocycles. The van der Waals surface area contributed by atoms with E-state index < -0.39 is 26.4 Å². The van der Waals surface area contributed by atoms with Gasteiger partial charge in [0.2, 0.25) is 0 Å². The molecule has 1 aliphatic rings. The molecule has 0 spiro atoms. The summed E-state index contributed by atoms with van der Waals surface area (Å²) >= 11 is 0. The number of fused-ring (bicyclic) bond motifs is 3. The Labute approximate surface area is 307 Å². The van der Waals surface area contributed by atoms with Crippen LogP contribution in [-0.4, -0.2) is 26.4 Å². The molecule has 8 aromatic carbocycles. The first kappa shape index (κ1) is 32.6. The molecule has 0 atom stereocenters. The molecule has 1 aliphatic heterocycles. The van der Waals surface area contributed by atoms with Crippen molar-refractivity contribution in [3.05, 3.63) is 176 Å². The maximum atomic E-state index is 6.74. The third-order valence-corrected chi connectivity index (χ3v) is 16.5. The third-order valence-electron chi connectivity index (χ3n) is 11.7. The zero-order valence-corrected chi connectivity index (χ0v) is 31.1. The van der Waals surface area contributed by atoms with E-state index in [0.717, 1.165) is 16.2 Å². The average Bonchev–Trinajstić information content (AvgIpc) is 3.40. The highest BCUT2D eigenvalue weighted by molar-refractivity contribution is 7.20. The molecule has 0 bridgehead atoms. The smallest absolute Gasteiger partial charge is 0.399 e. The Bertz CT molecular complexity index is 2410. The summed E-state index contributed by atoms with van der Waals surface area (Å²) in [5.74, 6) is 0. The molecule has 1 saturated heterocycles. The predicted molar refractivity (Wildman–Crippen MR) is 224 cm³/mol. The highest BCUT2D eigenvalue weighted by atomic mass is 28.3. The van der Waals surface area contributed by atoms with Gasteiger partial charge in [-0.1, -0.05) is 176 Å². The lowest BCUT2D eigenvalue weighted by atomic mass is 9.71. The van der Waals surface area contributed by atoms with Crippen LogP contribution in [0.5, 0.6) is 0 Å². The minimum absolute atomic E-state index is 0.447. The van der Waals surface area contributed by atoms with Gasteiger partial charge in [0.1, 0.15) is 0 Å². The van der Waals surface area contributed by atoms with Crippen molar-refractivity contribution in [3.63, 3.8) is 0 Å². The number of rotatable bonds is 6. The first-order chi connectivity index (χ1) is 25.3. The average molecular weight is 689 g/mol. The molecule has 0 saturated carbocycles. The summed E-state index contributed by atoms with van der Waals surface area (Å²) in [6.07, 6.45) is 0. The van der Waals surface area contributed by atoms with E-state index in [9.17, 15) is 0 Å². The second kappa shape index (κ2) is 12.5. The molecular weight excluding hydrogens is 647 g/mol. The maximum Gasteiger partial charge on any atom is 0.496 e. The van der Waals surface area contributed by atoms with Crippen LogP contribution in [-0.2, 0) is 9.31 Å². The molecule has 0 N–H and O–H groups in total. The first-order valence-electron chi connectivity index (χ1n) is 18.3. The van der Waals surface area contributed by atoms with Gasteiger partial charge in [0.05, 0.1) is 11.2 Å². The molecule has 0 radical (unpaired) electrons. The second-order valence-corrected chi connectivity index (χ2v) is 18.8. The van der Waals surface area contributed by atoms with Gasteiger partial charge in [-0.05, 0) is 97.3 Å². The minimum atomic E-state index is -2.78. The molecular formula is C48H41BO2Si. The van der Waals surface area contributed by atoms with Gasteiger partial charge < -0.3 is 9.31 Å². The van der Waals surface area contributed by atoms with Gasteiger partial charge >= 0.3 is 7.12 Å². The van der Waals surface area contributed by atoms with E-state index in [-0.39, 0.29) is 0 Å². The van der Waals surface area contributed by atoms with Crippen LogP contribution in [0.15, 0.2) is 176 Å². The fourth-order valence-corrected chi connectivity index (χ4v) is 13.5. The monoisotopic (exact) mass is 688 g/mol. The van der Waals surface area contributed by atoms with Crippen LogP contribution in [0.1, 0.15) is 27.7 Å². The molecule has 0 amide bonds. The molecule has 1 fully saturated rings. The van der Waals surface area contributed by atoms with Crippen LogP contribution in [0.2, 0.25) is 0 Å². The highest BCUT2D eigenvalue weighted by Crippen LogP contribution is 2.42. The Balaban J connectivity index is 1.37. The van der Waals surface area contributed by atoms with Crippen LogP contribution >= 0.6 is 0 Å². The Kier molecular flexibility index (Phi) is 7.82. The summed E-state index contributed by atoms with van der Waals surface area (Å²) in [5, 5.41) is 12.7. The van der Waals surface area contributed by atoms with Crippen molar-refractivity contribution in [1.29, 1.82) is 0 Å². The summed E-state index contributed by atoms with van der Waals surface area (Å²) < 4.78 is 13.5. The molecule has 8 aromatic rings. The molecule has 1 heterocycles. The van der Waals surface area contributed by atoms with Crippen LogP contribution < -0.4 is 26.2 Å². The van der Waals surface area contributed by atoms with Gasteiger partial charge in [-0.2, -0.15) is 0 Å². The topological polar surface area (TPSA) is 18.5 Å². The standard InChI is InChI=1S/C48H41BO2Si/c1-47(2)48(3,4)51-49(50-47)46-42-30-18-16-28-39(42)45(40-29-17-19-31-43(40)46)41-32-33-44(38-27-15-14-26-37(38)41)52(34-20-8-5-9-21-34,35-22-10-6-11-23-35)36-24-12-7-13-25-36/h5-33H,1-4H3. The molecule has 252 valence electrons. The van der Waals surface area contributed by atoms with E-state index >= 15 is 0 Å². The Hall–Kier alpha value is -5.26. The number of hydrogen-bond acceptors (Lipinski definition) is 2. The molecule has 2 nitrogen and oxygen atoms in total. The van der Waals surface area contributed by atoms with E-state index in [1.165, 1.54) is 53.4 Å². The zero-order valence-electron chi connectivity index (χ0n) is 30.1. The normalized spacial score (nSPS) is 15.4. The number of hydrogen-bond donors (Lipinski definition) is 0. The van der Waals surface area contributed by atoms with Crippen LogP contribution in [0, 0.1) is 0 Å². The summed E-state index contributed by atoms with van der Waals surface area (Å²) in [4.78, 5) is 0. The molecule has 0 unspecified atom stereocenters. The number of benzene rings is 8. The van der Waals surface area contributed by atoms with Crippen molar-refractivity contribution < 1.29 is 9.31 Å². The van der Waals surface area contributed by atoms with E-state index in [4.69, 9.17) is 9.31 Å². The summed E-state index contributed by atoms with van der Waals surface area (Å²) in [7, 11) is -3.27. The second-order valence-electron chi connectivity index (χ2n) is 15.0. The summed E-state index contributed by atoms with van der Waals surface area (Å²) in [6, 6.07) is 65.1. The molecule has 0 aliphatic carbocycles. The largest absolute Gasteiger partial charge is 0.496 e. The molecule has 52 heavy (non-hydrogen) atoms. The third kappa shape index (κ3) is 4.93. The lowest BCUT2D eigenvalue weighted by Crippen LogP contribution is -2.74. The summed E-state index contributed by atoms with van der Waals surface area (Å²) in [5.41, 5.74) is 2.66. The van der Waals surface area contributed by atoms with Gasteiger partial charge in [0.25, 0.3) is 0 Å². The van der Waals surface area contributed by atoms with E-state index in [2.05, 4.69) is 204 Å². The van der Waals surface area contributed by atoms with Gasteiger partial charge in [0, 0.05) is 0 Å². The van der Waals surface area contributed by atoms with Crippen molar-refractivity contribution in [2.24, 2.45) is 0 Å². The lowest BCUT2D eigenvalue weighted by Gasteiger charge is -2.35. The minimum Gasteiger partial charge on any atom is -0.399 e. The molecule has 4 heteroatoms. The SMILES string of the molecule is CC1(C)OB(c2c3ccccc3c(-c3ccc([Si](c4ccccc4)(c4ccccc4)c4ccccc4)c4ccccc34)c3ccccc23)OC1(C)C. The van der Waals surface area contributed by atoms with E-state index in [0.29, 0.717) is 0 Å². The Morgan fingerprint density at radius 3 is 1.19 bits per heavy atom. The van der Waals surface area contributed by atoms with Crippen LogP contribution in [0.3, 0.4) is 0 Å². The Morgan fingerprint density at radius 1 is 0.385 bits per heavy atom. The van der Waals surface area contributed by atoms with Gasteiger partial charge in [-0.25, -0.2) is 0 Å². The highest BCUT2D eigenvalue weighted by Gasteiger charge is 2.52. The van der Waals surface area contributed by atoms with Gasteiger partial charge in [-0.15, -0.1) is 0 Å². The predicted octanol–water partition coefficient (Wildman–Crippen LogP) is 8.49. The first-order valence-corrected chi connectivity index (χ1v) is 20.3. The van der Waals surface area contributed by atoms with Crippen LogP contribution in [0.25, 0.3) is 43.4 Å². The van der Waals surface area contributed by atoms with Gasteiger partial charge in [0.15, 0.2) is 8.07 Å². The van der Waals surface area contributed by atoms with E-state index in [1.807, 2.05) is 0 Å². The van der Waals surface area contributed by atoms with Crippen LogP contribution in [0.4, 0.5) is 0 Å². The Morgan fingerprint density at radius 2 is 0.750 bits per heavy atom. The van der Waals surface area contributed by atoms with Crippen molar-refractivity contribution in [3.8, 4) is 11.1 Å². The van der Waals surface area contributed by atoms with Crippen molar-refractivity contribution in [2.75, 3.05) is 0 Å². The summed E-state index contributed by atoms with van der Waals surface area (Å²) in [6.45, 7) is 8.51. The van der Waals surface area contributed by atoms with Gasteiger partial charge in [-0.3, -0.25) is 0 Å². The quantitative estimate of drug-likeness (QED) is 0.0992. The van der Waals surface area contributed by atoms with Crippen molar-refractivity contribution in [2.45, 2.75) is 38.9 Å². The molecule has 9 rings (SSSR count). The lowest BCUT2D eigenvalue weighted by molar-refractivity contribution is 0.00578. The fraction of sp³-hybridized carbons (Fsp3) is 0.125.